The van der Waals surface area contributed by atoms with Crippen molar-refractivity contribution in [3.05, 3.63) is 24.2 Å². The SMILES string of the molecule is O=C(CCNC(=O)c1ccco1)NOC1CCCC1. The van der Waals surface area contributed by atoms with Gasteiger partial charge in [-0.3, -0.25) is 14.4 Å². The third-order valence-corrected chi connectivity index (χ3v) is 3.02. The van der Waals surface area contributed by atoms with Crippen LogP contribution in [-0.2, 0) is 9.63 Å². The fourth-order valence-electron chi connectivity index (χ4n) is 1.99. The monoisotopic (exact) mass is 266 g/mol. The highest BCUT2D eigenvalue weighted by atomic mass is 16.7. The van der Waals surface area contributed by atoms with E-state index in [9.17, 15) is 9.59 Å². The predicted octanol–water partition coefficient (Wildman–Crippen LogP) is 1.39. The first kappa shape index (κ1) is 13.6. The molecular weight excluding hydrogens is 248 g/mol. The van der Waals surface area contributed by atoms with Crippen LogP contribution in [0.5, 0.6) is 0 Å². The summed E-state index contributed by atoms with van der Waals surface area (Å²) >= 11 is 0. The summed E-state index contributed by atoms with van der Waals surface area (Å²) < 4.78 is 4.93. The summed E-state index contributed by atoms with van der Waals surface area (Å²) in [4.78, 5) is 28.2. The van der Waals surface area contributed by atoms with Gasteiger partial charge in [0.1, 0.15) is 0 Å². The van der Waals surface area contributed by atoms with Crippen LogP contribution in [0.15, 0.2) is 22.8 Å². The van der Waals surface area contributed by atoms with Gasteiger partial charge in [0.05, 0.1) is 12.4 Å². The highest BCUT2D eigenvalue weighted by Gasteiger charge is 2.16. The van der Waals surface area contributed by atoms with Crippen molar-refractivity contribution in [1.82, 2.24) is 10.8 Å². The first-order chi connectivity index (χ1) is 9.25. The van der Waals surface area contributed by atoms with Crippen LogP contribution in [0.3, 0.4) is 0 Å². The Labute approximate surface area is 111 Å². The lowest BCUT2D eigenvalue weighted by molar-refractivity contribution is -0.138. The molecule has 0 spiro atoms. The predicted molar refractivity (Wildman–Crippen MR) is 67.1 cm³/mol. The van der Waals surface area contributed by atoms with E-state index >= 15 is 0 Å². The molecule has 2 amide bonds. The Balaban J connectivity index is 1.57. The first-order valence-corrected chi connectivity index (χ1v) is 6.52. The molecule has 0 saturated heterocycles. The van der Waals surface area contributed by atoms with E-state index in [1.54, 1.807) is 12.1 Å². The second kappa shape index (κ2) is 6.94. The Hall–Kier alpha value is -1.82. The van der Waals surface area contributed by atoms with Crippen molar-refractivity contribution in [2.75, 3.05) is 6.54 Å². The molecule has 104 valence electrons. The molecule has 1 fully saturated rings. The van der Waals surface area contributed by atoms with Crippen LogP contribution >= 0.6 is 0 Å². The average molecular weight is 266 g/mol. The summed E-state index contributed by atoms with van der Waals surface area (Å²) in [6.45, 7) is 0.249. The average Bonchev–Trinajstić information content (AvgIpc) is 3.09. The third-order valence-electron chi connectivity index (χ3n) is 3.02. The topological polar surface area (TPSA) is 80.6 Å². The zero-order valence-electron chi connectivity index (χ0n) is 10.7. The quantitative estimate of drug-likeness (QED) is 0.762. The number of hydroxylamine groups is 1. The Morgan fingerprint density at radius 3 is 2.84 bits per heavy atom. The number of hydrogen-bond acceptors (Lipinski definition) is 4. The molecule has 2 N–H and O–H groups in total. The second-order valence-corrected chi connectivity index (χ2v) is 4.53. The summed E-state index contributed by atoms with van der Waals surface area (Å²) in [5, 5.41) is 2.59. The highest BCUT2D eigenvalue weighted by Crippen LogP contribution is 2.19. The molecule has 1 aromatic heterocycles. The van der Waals surface area contributed by atoms with Gasteiger partial charge in [-0.2, -0.15) is 0 Å². The molecule has 0 radical (unpaired) electrons. The minimum Gasteiger partial charge on any atom is -0.459 e. The van der Waals surface area contributed by atoms with E-state index in [1.165, 1.54) is 6.26 Å². The number of nitrogens with one attached hydrogen (secondary N) is 2. The summed E-state index contributed by atoms with van der Waals surface area (Å²) in [7, 11) is 0. The number of carbonyl (C=O) groups excluding carboxylic acids is 2. The number of hydrogen-bond donors (Lipinski definition) is 2. The molecular formula is C13H18N2O4. The van der Waals surface area contributed by atoms with E-state index in [2.05, 4.69) is 10.8 Å². The number of rotatable bonds is 6. The molecule has 2 rings (SSSR count). The lowest BCUT2D eigenvalue weighted by Crippen LogP contribution is -2.32. The summed E-state index contributed by atoms with van der Waals surface area (Å²) in [6.07, 6.45) is 6.04. The van der Waals surface area contributed by atoms with Gasteiger partial charge in [-0.1, -0.05) is 12.8 Å². The van der Waals surface area contributed by atoms with Crippen LogP contribution in [0, 0.1) is 0 Å². The zero-order valence-corrected chi connectivity index (χ0v) is 10.7. The van der Waals surface area contributed by atoms with Crippen LogP contribution in [0.2, 0.25) is 0 Å². The van der Waals surface area contributed by atoms with Gasteiger partial charge in [0.2, 0.25) is 5.91 Å². The highest BCUT2D eigenvalue weighted by molar-refractivity contribution is 5.91. The Kier molecular flexibility index (Phi) is 4.97. The number of furan rings is 1. The summed E-state index contributed by atoms with van der Waals surface area (Å²) in [5.41, 5.74) is 2.42. The second-order valence-electron chi connectivity index (χ2n) is 4.53. The molecule has 1 heterocycles. The maximum atomic E-state index is 11.5. The van der Waals surface area contributed by atoms with E-state index in [1.807, 2.05) is 0 Å². The van der Waals surface area contributed by atoms with E-state index < -0.39 is 0 Å². The molecule has 0 bridgehead atoms. The van der Waals surface area contributed by atoms with Gasteiger partial charge in [0.15, 0.2) is 5.76 Å². The maximum absolute atomic E-state index is 11.5. The minimum atomic E-state index is -0.325. The number of amides is 2. The standard InChI is InChI=1S/C13H18N2O4/c16-12(15-19-10-4-1-2-5-10)7-8-14-13(17)11-6-3-9-18-11/h3,6,9-10H,1-2,4-5,7-8H2,(H,14,17)(H,15,16). The fraction of sp³-hybridized carbons (Fsp3) is 0.538. The first-order valence-electron chi connectivity index (χ1n) is 6.52. The van der Waals surface area contributed by atoms with E-state index in [0.29, 0.717) is 0 Å². The molecule has 0 aromatic carbocycles. The molecule has 6 nitrogen and oxygen atoms in total. The van der Waals surface area contributed by atoms with Gasteiger partial charge in [0, 0.05) is 13.0 Å². The zero-order chi connectivity index (χ0) is 13.5. The lowest BCUT2D eigenvalue weighted by Gasteiger charge is -2.11. The third kappa shape index (κ3) is 4.40. The largest absolute Gasteiger partial charge is 0.459 e. The van der Waals surface area contributed by atoms with Crippen LogP contribution in [0.4, 0.5) is 0 Å². The molecule has 1 aliphatic rings. The van der Waals surface area contributed by atoms with Crippen LogP contribution in [-0.4, -0.2) is 24.5 Å². The van der Waals surface area contributed by atoms with E-state index in [4.69, 9.17) is 9.25 Å². The van der Waals surface area contributed by atoms with Crippen LogP contribution in [0.1, 0.15) is 42.7 Å². The molecule has 0 unspecified atom stereocenters. The smallest absolute Gasteiger partial charge is 0.286 e. The maximum Gasteiger partial charge on any atom is 0.286 e. The van der Waals surface area contributed by atoms with Crippen molar-refractivity contribution in [3.63, 3.8) is 0 Å². The van der Waals surface area contributed by atoms with Gasteiger partial charge < -0.3 is 9.73 Å². The molecule has 1 saturated carbocycles. The Morgan fingerprint density at radius 1 is 1.37 bits per heavy atom. The van der Waals surface area contributed by atoms with Crippen LogP contribution in [0.25, 0.3) is 0 Å². The molecule has 0 aliphatic heterocycles. The molecule has 1 aliphatic carbocycles. The van der Waals surface area contributed by atoms with E-state index in [0.717, 1.165) is 25.7 Å². The summed E-state index contributed by atoms with van der Waals surface area (Å²) in [6, 6.07) is 3.20. The normalized spacial score (nSPS) is 15.4. The van der Waals surface area contributed by atoms with Gasteiger partial charge in [-0.15, -0.1) is 0 Å². The van der Waals surface area contributed by atoms with Gasteiger partial charge >= 0.3 is 0 Å². The number of carbonyl (C=O) groups is 2. The molecule has 6 heteroatoms. The van der Waals surface area contributed by atoms with Gasteiger partial charge in [-0.25, -0.2) is 5.48 Å². The fourth-order valence-corrected chi connectivity index (χ4v) is 1.99. The van der Waals surface area contributed by atoms with Gasteiger partial charge in [0.25, 0.3) is 5.91 Å². The Bertz CT molecular complexity index is 410. The Morgan fingerprint density at radius 2 is 2.16 bits per heavy atom. The molecule has 19 heavy (non-hydrogen) atoms. The van der Waals surface area contributed by atoms with Crippen molar-refractivity contribution in [2.24, 2.45) is 0 Å². The van der Waals surface area contributed by atoms with Gasteiger partial charge in [-0.05, 0) is 25.0 Å². The van der Waals surface area contributed by atoms with Crippen molar-refractivity contribution >= 4 is 11.8 Å². The van der Waals surface area contributed by atoms with Crippen molar-refractivity contribution < 1.29 is 18.8 Å². The molecule has 0 atom stereocenters. The van der Waals surface area contributed by atoms with Crippen molar-refractivity contribution in [2.45, 2.75) is 38.2 Å². The van der Waals surface area contributed by atoms with Crippen LogP contribution < -0.4 is 10.8 Å². The van der Waals surface area contributed by atoms with E-state index in [-0.39, 0.29) is 36.6 Å². The summed E-state index contributed by atoms with van der Waals surface area (Å²) in [5.74, 6) is -0.316. The lowest BCUT2D eigenvalue weighted by atomic mass is 10.3. The minimum absolute atomic E-state index is 0.140. The van der Waals surface area contributed by atoms with Crippen molar-refractivity contribution in [3.8, 4) is 0 Å². The van der Waals surface area contributed by atoms with Crippen molar-refractivity contribution in [1.29, 1.82) is 0 Å². The molecule has 1 aromatic rings.